The van der Waals surface area contributed by atoms with Gasteiger partial charge in [-0.2, -0.15) is 0 Å². The highest BCUT2D eigenvalue weighted by atomic mass is 32.2. The van der Waals surface area contributed by atoms with Crippen molar-refractivity contribution in [2.24, 2.45) is 11.7 Å². The number of nitrogens with zero attached hydrogens (tertiary/aromatic N) is 1. The van der Waals surface area contributed by atoms with Crippen LogP contribution in [-0.4, -0.2) is 38.1 Å². The molecule has 1 heterocycles. The molecule has 0 saturated carbocycles. The molecule has 1 aliphatic rings. The van der Waals surface area contributed by atoms with Gasteiger partial charge >= 0.3 is 0 Å². The molecule has 96 valence electrons. The first-order valence-corrected chi connectivity index (χ1v) is 7.89. The van der Waals surface area contributed by atoms with E-state index in [0.29, 0.717) is 18.9 Å². The number of rotatable bonds is 7. The Morgan fingerprint density at radius 2 is 2.12 bits per heavy atom. The van der Waals surface area contributed by atoms with Crippen LogP contribution in [0.3, 0.4) is 0 Å². The van der Waals surface area contributed by atoms with Gasteiger partial charge in [0.2, 0.25) is 10.0 Å². The van der Waals surface area contributed by atoms with Crippen molar-refractivity contribution in [1.82, 2.24) is 4.31 Å². The van der Waals surface area contributed by atoms with E-state index in [4.69, 9.17) is 5.73 Å². The van der Waals surface area contributed by atoms with Crippen molar-refractivity contribution in [2.75, 3.05) is 25.4 Å². The summed E-state index contributed by atoms with van der Waals surface area (Å²) in [6, 6.07) is 0. The Bertz CT molecular complexity index is 290. The topological polar surface area (TPSA) is 63.4 Å². The average molecular weight is 248 g/mol. The number of hydrogen-bond donors (Lipinski definition) is 1. The molecule has 1 fully saturated rings. The fourth-order valence-corrected chi connectivity index (χ4v) is 3.90. The molecular weight excluding hydrogens is 224 g/mol. The van der Waals surface area contributed by atoms with E-state index in [1.165, 1.54) is 0 Å². The molecule has 1 aliphatic heterocycles. The van der Waals surface area contributed by atoms with Crippen molar-refractivity contribution < 1.29 is 8.42 Å². The van der Waals surface area contributed by atoms with Gasteiger partial charge in [0.15, 0.2) is 0 Å². The Morgan fingerprint density at radius 3 is 2.75 bits per heavy atom. The third kappa shape index (κ3) is 4.03. The Hall–Kier alpha value is -0.130. The number of sulfonamides is 1. The van der Waals surface area contributed by atoms with E-state index in [-0.39, 0.29) is 5.75 Å². The molecule has 1 saturated heterocycles. The summed E-state index contributed by atoms with van der Waals surface area (Å²) >= 11 is 0. The van der Waals surface area contributed by atoms with Crippen LogP contribution in [0.2, 0.25) is 0 Å². The Balaban J connectivity index is 2.39. The van der Waals surface area contributed by atoms with E-state index in [2.05, 4.69) is 6.92 Å². The minimum absolute atomic E-state index is 0.267. The maximum Gasteiger partial charge on any atom is 0.214 e. The smallest absolute Gasteiger partial charge is 0.214 e. The molecule has 4 nitrogen and oxygen atoms in total. The summed E-state index contributed by atoms with van der Waals surface area (Å²) in [4.78, 5) is 0. The van der Waals surface area contributed by atoms with Gasteiger partial charge in [-0.3, -0.25) is 0 Å². The normalized spacial score (nSPS) is 22.8. The van der Waals surface area contributed by atoms with Crippen LogP contribution in [0.15, 0.2) is 0 Å². The standard InChI is InChI=1S/C11H24N2O2S/c1-2-5-11-6-8-13(10-11)16(14,15)9-4-3-7-12/h11H,2-10,12H2,1H3. The molecule has 1 atom stereocenters. The molecule has 1 unspecified atom stereocenters. The molecule has 0 amide bonds. The maximum absolute atomic E-state index is 11.9. The quantitative estimate of drug-likeness (QED) is 0.688. The van der Waals surface area contributed by atoms with Crippen LogP contribution in [0.4, 0.5) is 0 Å². The molecule has 2 N–H and O–H groups in total. The highest BCUT2D eigenvalue weighted by molar-refractivity contribution is 7.89. The minimum atomic E-state index is -3.01. The molecule has 0 aromatic rings. The summed E-state index contributed by atoms with van der Waals surface area (Å²) in [5.74, 6) is 0.845. The van der Waals surface area contributed by atoms with Gasteiger partial charge in [0.25, 0.3) is 0 Å². The van der Waals surface area contributed by atoms with Gasteiger partial charge < -0.3 is 5.73 Å². The van der Waals surface area contributed by atoms with Crippen molar-refractivity contribution >= 4 is 10.0 Å². The molecule has 0 radical (unpaired) electrons. The molecule has 0 aromatic heterocycles. The lowest BCUT2D eigenvalue weighted by atomic mass is 10.0. The third-order valence-corrected chi connectivity index (χ3v) is 5.12. The lowest BCUT2D eigenvalue weighted by molar-refractivity contribution is 0.443. The zero-order valence-corrected chi connectivity index (χ0v) is 11.0. The van der Waals surface area contributed by atoms with Gasteiger partial charge in [-0.05, 0) is 38.1 Å². The Morgan fingerprint density at radius 1 is 1.38 bits per heavy atom. The SMILES string of the molecule is CCCC1CCN(S(=O)(=O)CCCCN)C1. The van der Waals surface area contributed by atoms with Crippen LogP contribution in [0.25, 0.3) is 0 Å². The van der Waals surface area contributed by atoms with E-state index in [0.717, 1.165) is 38.8 Å². The second-order valence-electron chi connectivity index (χ2n) is 4.61. The Kier molecular flexibility index (Phi) is 5.72. The van der Waals surface area contributed by atoms with Crippen LogP contribution in [-0.2, 0) is 10.0 Å². The zero-order chi connectivity index (χ0) is 12.0. The van der Waals surface area contributed by atoms with Gasteiger partial charge in [0.05, 0.1) is 5.75 Å². The second-order valence-corrected chi connectivity index (χ2v) is 6.70. The number of hydrogen-bond acceptors (Lipinski definition) is 3. The molecule has 0 aliphatic carbocycles. The fraction of sp³-hybridized carbons (Fsp3) is 1.00. The number of nitrogens with two attached hydrogens (primary N) is 1. The summed E-state index contributed by atoms with van der Waals surface area (Å²) in [7, 11) is -3.01. The van der Waals surface area contributed by atoms with Gasteiger partial charge in [0.1, 0.15) is 0 Å². The summed E-state index contributed by atoms with van der Waals surface area (Å²) in [5, 5.41) is 0. The average Bonchev–Trinajstić information content (AvgIpc) is 2.68. The molecule has 5 heteroatoms. The molecule has 0 spiro atoms. The van der Waals surface area contributed by atoms with Crippen molar-refractivity contribution in [3.8, 4) is 0 Å². The predicted molar refractivity (Wildman–Crippen MR) is 66.7 cm³/mol. The molecular formula is C11H24N2O2S. The zero-order valence-electron chi connectivity index (χ0n) is 10.2. The second kappa shape index (κ2) is 6.57. The van der Waals surface area contributed by atoms with E-state index >= 15 is 0 Å². The monoisotopic (exact) mass is 248 g/mol. The molecule has 0 aromatic carbocycles. The van der Waals surface area contributed by atoms with Crippen LogP contribution >= 0.6 is 0 Å². The summed E-state index contributed by atoms with van der Waals surface area (Å²) in [6.07, 6.45) is 4.81. The van der Waals surface area contributed by atoms with Gasteiger partial charge in [-0.15, -0.1) is 0 Å². The van der Waals surface area contributed by atoms with E-state index in [1.807, 2.05) is 0 Å². The number of unbranched alkanes of at least 4 members (excludes halogenated alkanes) is 1. The van der Waals surface area contributed by atoms with E-state index in [1.54, 1.807) is 4.31 Å². The first-order valence-electron chi connectivity index (χ1n) is 6.28. The van der Waals surface area contributed by atoms with E-state index < -0.39 is 10.0 Å². The Labute approximate surface area is 99.2 Å². The van der Waals surface area contributed by atoms with Crippen LogP contribution < -0.4 is 5.73 Å². The van der Waals surface area contributed by atoms with Crippen LogP contribution in [0.5, 0.6) is 0 Å². The summed E-state index contributed by atoms with van der Waals surface area (Å²) < 4.78 is 25.6. The molecule has 1 rings (SSSR count). The van der Waals surface area contributed by atoms with Gasteiger partial charge in [0, 0.05) is 13.1 Å². The lowest BCUT2D eigenvalue weighted by Crippen LogP contribution is -2.31. The third-order valence-electron chi connectivity index (χ3n) is 3.20. The van der Waals surface area contributed by atoms with Crippen molar-refractivity contribution in [3.05, 3.63) is 0 Å². The van der Waals surface area contributed by atoms with Crippen molar-refractivity contribution in [1.29, 1.82) is 0 Å². The van der Waals surface area contributed by atoms with Gasteiger partial charge in [-0.25, -0.2) is 12.7 Å². The van der Waals surface area contributed by atoms with E-state index in [9.17, 15) is 8.42 Å². The van der Waals surface area contributed by atoms with Gasteiger partial charge in [-0.1, -0.05) is 13.3 Å². The van der Waals surface area contributed by atoms with Crippen molar-refractivity contribution in [3.63, 3.8) is 0 Å². The maximum atomic E-state index is 11.9. The highest BCUT2D eigenvalue weighted by Gasteiger charge is 2.30. The fourth-order valence-electron chi connectivity index (χ4n) is 2.25. The van der Waals surface area contributed by atoms with Crippen LogP contribution in [0, 0.1) is 5.92 Å². The summed E-state index contributed by atoms with van der Waals surface area (Å²) in [6.45, 7) is 4.18. The minimum Gasteiger partial charge on any atom is -0.330 e. The lowest BCUT2D eigenvalue weighted by Gasteiger charge is -2.16. The predicted octanol–water partition coefficient (Wildman–Crippen LogP) is 1.18. The van der Waals surface area contributed by atoms with Crippen LogP contribution in [0.1, 0.15) is 39.0 Å². The van der Waals surface area contributed by atoms with Crippen molar-refractivity contribution in [2.45, 2.75) is 39.0 Å². The largest absolute Gasteiger partial charge is 0.330 e. The first-order chi connectivity index (χ1) is 7.60. The molecule has 16 heavy (non-hydrogen) atoms. The first kappa shape index (κ1) is 13.9. The summed E-state index contributed by atoms with van der Waals surface area (Å²) in [5.41, 5.74) is 5.36. The highest BCUT2D eigenvalue weighted by Crippen LogP contribution is 2.23. The molecule has 0 bridgehead atoms.